The van der Waals surface area contributed by atoms with Gasteiger partial charge in [-0.15, -0.1) is 0 Å². The van der Waals surface area contributed by atoms with Gasteiger partial charge in [-0.25, -0.2) is 0 Å². The maximum absolute atomic E-state index is 13.9. The molecular formula is C29H33N3O2. The topological polar surface area (TPSA) is 54.3 Å². The van der Waals surface area contributed by atoms with Gasteiger partial charge in [0.1, 0.15) is 11.2 Å². The van der Waals surface area contributed by atoms with Crippen molar-refractivity contribution < 1.29 is 9.59 Å². The molecule has 0 bridgehead atoms. The number of amides is 2. The molecule has 1 aliphatic carbocycles. The zero-order chi connectivity index (χ0) is 23.7. The summed E-state index contributed by atoms with van der Waals surface area (Å²) in [6.45, 7) is 4.99. The first kappa shape index (κ1) is 22.5. The fraction of sp³-hybridized carbons (Fsp3) is 0.379. The summed E-state index contributed by atoms with van der Waals surface area (Å²) >= 11 is 0. The van der Waals surface area contributed by atoms with Gasteiger partial charge < -0.3 is 14.8 Å². The third kappa shape index (κ3) is 4.04. The number of hydrogen-bond donors (Lipinski definition) is 1. The largest absolute Gasteiger partial charge is 0.351 e. The van der Waals surface area contributed by atoms with E-state index in [2.05, 4.69) is 24.4 Å². The molecule has 5 rings (SSSR count). The van der Waals surface area contributed by atoms with Crippen molar-refractivity contribution in [3.05, 3.63) is 84.1 Å². The third-order valence-corrected chi connectivity index (χ3v) is 7.58. The summed E-state index contributed by atoms with van der Waals surface area (Å²) in [5, 5.41) is 3.29. The normalized spacial score (nSPS) is 21.4. The van der Waals surface area contributed by atoms with E-state index in [0.29, 0.717) is 18.8 Å². The Kier molecular flexibility index (Phi) is 6.03. The van der Waals surface area contributed by atoms with Gasteiger partial charge in [0.15, 0.2) is 0 Å². The number of rotatable bonds is 6. The van der Waals surface area contributed by atoms with Gasteiger partial charge in [0.25, 0.3) is 5.91 Å². The van der Waals surface area contributed by atoms with Crippen LogP contribution in [0.5, 0.6) is 0 Å². The zero-order valence-corrected chi connectivity index (χ0v) is 20.0. The Morgan fingerprint density at radius 3 is 2.26 bits per heavy atom. The Bertz CT molecular complexity index is 1160. The highest BCUT2D eigenvalue weighted by Crippen LogP contribution is 2.35. The number of nitrogens with zero attached hydrogens (tertiary/aromatic N) is 2. The molecule has 1 fully saturated rings. The first-order valence-electron chi connectivity index (χ1n) is 12.4. The van der Waals surface area contributed by atoms with Crippen molar-refractivity contribution >= 4 is 11.8 Å². The van der Waals surface area contributed by atoms with E-state index in [9.17, 15) is 9.59 Å². The fourth-order valence-corrected chi connectivity index (χ4v) is 5.49. The van der Waals surface area contributed by atoms with Crippen molar-refractivity contribution in [1.29, 1.82) is 0 Å². The van der Waals surface area contributed by atoms with E-state index >= 15 is 0 Å². The van der Waals surface area contributed by atoms with Crippen LogP contribution in [0, 0.1) is 0 Å². The summed E-state index contributed by atoms with van der Waals surface area (Å²) in [5.41, 5.74) is 2.86. The maximum atomic E-state index is 13.9. The molecule has 0 radical (unpaired) electrons. The number of fused-ring (bicyclic) bond motifs is 1. The second-order valence-electron chi connectivity index (χ2n) is 10.0. The molecule has 1 aromatic heterocycles. The molecule has 34 heavy (non-hydrogen) atoms. The van der Waals surface area contributed by atoms with Crippen LogP contribution in [0.25, 0.3) is 11.3 Å². The summed E-state index contributed by atoms with van der Waals surface area (Å²) in [7, 11) is 0. The van der Waals surface area contributed by atoms with E-state index < -0.39 is 5.54 Å². The number of aromatic nitrogens is 1. The van der Waals surface area contributed by atoms with Crippen molar-refractivity contribution in [2.24, 2.45) is 0 Å². The second-order valence-corrected chi connectivity index (χ2v) is 10.0. The molecule has 2 atom stereocenters. The summed E-state index contributed by atoms with van der Waals surface area (Å²) in [6.07, 6.45) is 4.32. The minimum atomic E-state index is -0.974. The maximum Gasteiger partial charge on any atom is 0.271 e. The minimum Gasteiger partial charge on any atom is -0.351 e. The number of hydrogen-bond acceptors (Lipinski definition) is 2. The highest BCUT2D eigenvalue weighted by atomic mass is 16.2. The van der Waals surface area contributed by atoms with E-state index in [-0.39, 0.29) is 23.8 Å². The van der Waals surface area contributed by atoms with Crippen LogP contribution in [0.15, 0.2) is 72.8 Å². The van der Waals surface area contributed by atoms with Crippen LogP contribution in [0.4, 0.5) is 0 Å². The summed E-state index contributed by atoms with van der Waals surface area (Å²) in [4.78, 5) is 29.5. The van der Waals surface area contributed by atoms with Crippen LogP contribution in [0.1, 0.15) is 61.5 Å². The molecule has 5 nitrogen and oxygen atoms in total. The number of benzene rings is 2. The lowest BCUT2D eigenvalue weighted by Crippen LogP contribution is -2.65. The Morgan fingerprint density at radius 2 is 1.59 bits per heavy atom. The standard InChI is InChI=1S/C29H33N3O2/c1-21(22-11-5-3-6-12-22)19-32-27(33)26-18-17-25(23-13-7-4-8-14-23)31(26)20-29(32,2)28(34)30-24-15-9-10-16-24/h3-8,11-14,17-18,21,24H,9-10,15-16,19-20H2,1-2H3,(H,30,34)/t21-,29-/m1/s1. The van der Waals surface area contributed by atoms with Crippen LogP contribution in [-0.4, -0.2) is 39.4 Å². The average molecular weight is 456 g/mol. The molecule has 0 unspecified atom stereocenters. The Labute approximate surface area is 201 Å². The van der Waals surface area contributed by atoms with Gasteiger partial charge in [0.2, 0.25) is 5.91 Å². The van der Waals surface area contributed by atoms with Gasteiger partial charge in [-0.3, -0.25) is 9.59 Å². The molecule has 2 amide bonds. The van der Waals surface area contributed by atoms with E-state index in [4.69, 9.17) is 0 Å². The molecule has 1 N–H and O–H groups in total. The molecule has 0 spiro atoms. The zero-order valence-electron chi connectivity index (χ0n) is 20.0. The highest BCUT2D eigenvalue weighted by Gasteiger charge is 2.48. The number of carbonyl (C=O) groups is 2. The van der Waals surface area contributed by atoms with E-state index in [1.807, 2.05) is 77.1 Å². The monoisotopic (exact) mass is 455 g/mol. The van der Waals surface area contributed by atoms with Crippen molar-refractivity contribution in [2.75, 3.05) is 6.54 Å². The van der Waals surface area contributed by atoms with Crippen LogP contribution >= 0.6 is 0 Å². The van der Waals surface area contributed by atoms with E-state index in [0.717, 1.165) is 36.9 Å². The average Bonchev–Trinajstić information content (AvgIpc) is 3.52. The number of nitrogens with one attached hydrogen (secondary N) is 1. The Morgan fingerprint density at radius 1 is 0.971 bits per heavy atom. The Balaban J connectivity index is 1.52. The van der Waals surface area contributed by atoms with Crippen LogP contribution in [0.2, 0.25) is 0 Å². The lowest BCUT2D eigenvalue weighted by molar-refractivity contribution is -0.133. The minimum absolute atomic E-state index is 0.0497. The van der Waals surface area contributed by atoms with Crippen LogP contribution < -0.4 is 5.32 Å². The smallest absolute Gasteiger partial charge is 0.271 e. The van der Waals surface area contributed by atoms with E-state index in [1.165, 1.54) is 5.56 Å². The number of carbonyl (C=O) groups excluding carboxylic acids is 2. The summed E-state index contributed by atoms with van der Waals surface area (Å²) in [6, 6.07) is 24.4. The van der Waals surface area contributed by atoms with Gasteiger partial charge in [-0.05, 0) is 48.9 Å². The molecule has 176 valence electrons. The molecule has 2 aromatic carbocycles. The molecule has 2 aliphatic rings. The summed E-state index contributed by atoms with van der Waals surface area (Å²) in [5.74, 6) is -0.0227. The molecule has 3 aromatic rings. The molecular weight excluding hydrogens is 422 g/mol. The van der Waals surface area contributed by atoms with Crippen LogP contribution in [-0.2, 0) is 11.3 Å². The molecule has 1 aliphatic heterocycles. The lowest BCUT2D eigenvalue weighted by atomic mass is 9.91. The van der Waals surface area contributed by atoms with Gasteiger partial charge in [0, 0.05) is 18.3 Å². The second kappa shape index (κ2) is 9.13. The Hall–Kier alpha value is -3.34. The SMILES string of the molecule is C[C@H](CN1C(=O)c2ccc(-c3ccccc3)n2C[C@]1(C)C(=O)NC1CCCC1)c1ccccc1. The van der Waals surface area contributed by atoms with E-state index in [1.54, 1.807) is 0 Å². The summed E-state index contributed by atoms with van der Waals surface area (Å²) < 4.78 is 2.04. The predicted molar refractivity (Wildman–Crippen MR) is 135 cm³/mol. The van der Waals surface area contributed by atoms with Gasteiger partial charge in [-0.2, -0.15) is 0 Å². The van der Waals surface area contributed by atoms with Crippen molar-refractivity contribution in [3.63, 3.8) is 0 Å². The predicted octanol–water partition coefficient (Wildman–Crippen LogP) is 5.23. The van der Waals surface area contributed by atoms with Gasteiger partial charge in [-0.1, -0.05) is 80.4 Å². The fourth-order valence-electron chi connectivity index (χ4n) is 5.49. The van der Waals surface area contributed by atoms with Gasteiger partial charge in [0.05, 0.1) is 6.54 Å². The van der Waals surface area contributed by atoms with Crippen molar-refractivity contribution in [1.82, 2.24) is 14.8 Å². The molecule has 0 saturated heterocycles. The quantitative estimate of drug-likeness (QED) is 0.553. The van der Waals surface area contributed by atoms with Crippen molar-refractivity contribution in [2.45, 2.75) is 63.6 Å². The third-order valence-electron chi connectivity index (χ3n) is 7.58. The van der Waals surface area contributed by atoms with Gasteiger partial charge >= 0.3 is 0 Å². The molecule has 1 saturated carbocycles. The van der Waals surface area contributed by atoms with Crippen LogP contribution in [0.3, 0.4) is 0 Å². The first-order chi connectivity index (χ1) is 16.5. The van der Waals surface area contributed by atoms with Crippen molar-refractivity contribution in [3.8, 4) is 11.3 Å². The molecule has 2 heterocycles. The highest BCUT2D eigenvalue weighted by molar-refractivity contribution is 6.00. The first-order valence-corrected chi connectivity index (χ1v) is 12.4. The lowest BCUT2D eigenvalue weighted by Gasteiger charge is -2.45. The molecule has 5 heteroatoms.